The number of hydrogen-bond donors (Lipinski definition) is 2. The quantitative estimate of drug-likeness (QED) is 0.621. The van der Waals surface area contributed by atoms with Crippen LogP contribution in [0.1, 0.15) is 20.8 Å². The minimum absolute atomic E-state index is 0.0687. The van der Waals surface area contributed by atoms with Gasteiger partial charge < -0.3 is 14.9 Å². The molecular formula is C7H14O4. The predicted octanol–water partition coefficient (Wildman–Crippen LogP) is 0.247. The van der Waals surface area contributed by atoms with Crippen molar-refractivity contribution in [2.24, 2.45) is 0 Å². The second-order valence-corrected chi connectivity index (χ2v) is 2.94. The van der Waals surface area contributed by atoms with Gasteiger partial charge in [-0.1, -0.05) is 0 Å². The van der Waals surface area contributed by atoms with Gasteiger partial charge in [-0.25, -0.2) is 4.79 Å². The number of aliphatic carboxylic acids is 1. The summed E-state index contributed by atoms with van der Waals surface area (Å²) in [6.07, 6.45) is -0.0687. The molecule has 0 bridgehead atoms. The molecule has 1 atom stereocenters. The molecule has 0 rings (SSSR count). The Balaban J connectivity index is 3.83. The van der Waals surface area contributed by atoms with Crippen LogP contribution in [-0.4, -0.2) is 34.5 Å². The van der Waals surface area contributed by atoms with Crippen molar-refractivity contribution in [3.8, 4) is 0 Å². The highest BCUT2D eigenvalue weighted by Gasteiger charge is 2.30. The van der Waals surface area contributed by atoms with Crippen LogP contribution in [0.5, 0.6) is 0 Å². The molecule has 1 unspecified atom stereocenters. The molecule has 4 heteroatoms. The maximum Gasteiger partial charge on any atom is 0.337 e. The summed E-state index contributed by atoms with van der Waals surface area (Å²) in [5, 5.41) is 17.5. The van der Waals surface area contributed by atoms with Gasteiger partial charge in [0.25, 0.3) is 0 Å². The summed E-state index contributed by atoms with van der Waals surface area (Å²) >= 11 is 0. The lowest BCUT2D eigenvalue weighted by Gasteiger charge is -2.19. The predicted molar refractivity (Wildman–Crippen MR) is 39.3 cm³/mol. The number of rotatable bonds is 4. The molecular weight excluding hydrogens is 148 g/mol. The standard InChI is InChI=1S/C7H14O4/c1-5(2)11-4-7(3,10)6(8)9/h5,10H,4H2,1-3H3,(H,8,9). The molecule has 0 aromatic heterocycles. The lowest BCUT2D eigenvalue weighted by atomic mass is 10.1. The van der Waals surface area contributed by atoms with Gasteiger partial charge in [-0.2, -0.15) is 0 Å². The van der Waals surface area contributed by atoms with Crippen molar-refractivity contribution < 1.29 is 19.7 Å². The first-order valence-electron chi connectivity index (χ1n) is 3.43. The van der Waals surface area contributed by atoms with Gasteiger partial charge in [0.1, 0.15) is 0 Å². The Morgan fingerprint density at radius 2 is 2.09 bits per heavy atom. The Kier molecular flexibility index (Phi) is 3.48. The summed E-state index contributed by atoms with van der Waals surface area (Å²) in [6.45, 7) is 4.58. The van der Waals surface area contributed by atoms with E-state index in [-0.39, 0.29) is 12.7 Å². The molecule has 0 aliphatic rings. The second kappa shape index (κ2) is 3.69. The zero-order valence-corrected chi connectivity index (χ0v) is 7.00. The van der Waals surface area contributed by atoms with E-state index in [1.807, 2.05) is 0 Å². The Labute approximate surface area is 65.8 Å². The normalized spacial score (nSPS) is 16.5. The number of ether oxygens (including phenoxy) is 1. The summed E-state index contributed by atoms with van der Waals surface area (Å²) in [4.78, 5) is 10.3. The molecule has 0 fully saturated rings. The van der Waals surface area contributed by atoms with Crippen molar-refractivity contribution in [1.82, 2.24) is 0 Å². The fourth-order valence-corrected chi connectivity index (χ4v) is 0.391. The molecule has 0 amide bonds. The topological polar surface area (TPSA) is 66.8 Å². The van der Waals surface area contributed by atoms with Crippen molar-refractivity contribution in [3.63, 3.8) is 0 Å². The van der Waals surface area contributed by atoms with Crippen molar-refractivity contribution in [1.29, 1.82) is 0 Å². The molecule has 11 heavy (non-hydrogen) atoms. The summed E-state index contributed by atoms with van der Waals surface area (Å²) in [7, 11) is 0. The average molecular weight is 162 g/mol. The number of carbonyl (C=O) groups is 1. The highest BCUT2D eigenvalue weighted by molar-refractivity contribution is 5.76. The molecule has 4 nitrogen and oxygen atoms in total. The zero-order chi connectivity index (χ0) is 9.07. The Morgan fingerprint density at radius 3 is 2.36 bits per heavy atom. The van der Waals surface area contributed by atoms with Gasteiger partial charge >= 0.3 is 5.97 Å². The Morgan fingerprint density at radius 1 is 1.64 bits per heavy atom. The fraction of sp³-hybridized carbons (Fsp3) is 0.857. The van der Waals surface area contributed by atoms with E-state index in [1.165, 1.54) is 6.92 Å². The van der Waals surface area contributed by atoms with Crippen molar-refractivity contribution in [3.05, 3.63) is 0 Å². The van der Waals surface area contributed by atoms with Crippen molar-refractivity contribution in [2.45, 2.75) is 32.5 Å². The number of carboxylic acid groups (broad SMARTS) is 1. The lowest BCUT2D eigenvalue weighted by Crippen LogP contribution is -2.40. The SMILES string of the molecule is CC(C)OCC(C)(O)C(=O)O. The van der Waals surface area contributed by atoms with E-state index in [4.69, 9.17) is 14.9 Å². The van der Waals surface area contributed by atoms with E-state index in [0.29, 0.717) is 0 Å². The lowest BCUT2D eigenvalue weighted by molar-refractivity contribution is -0.164. The molecule has 0 radical (unpaired) electrons. The maximum atomic E-state index is 10.3. The monoisotopic (exact) mass is 162 g/mol. The first-order valence-corrected chi connectivity index (χ1v) is 3.43. The van der Waals surface area contributed by atoms with Gasteiger partial charge in [0, 0.05) is 0 Å². The molecule has 0 spiro atoms. The molecule has 0 aromatic rings. The highest BCUT2D eigenvalue weighted by atomic mass is 16.5. The Hall–Kier alpha value is -0.610. The van der Waals surface area contributed by atoms with Gasteiger partial charge in [-0.15, -0.1) is 0 Å². The van der Waals surface area contributed by atoms with Crippen LogP contribution in [0.2, 0.25) is 0 Å². The third kappa shape index (κ3) is 3.95. The Bertz CT molecular complexity index is 139. The van der Waals surface area contributed by atoms with E-state index in [2.05, 4.69) is 0 Å². The van der Waals surface area contributed by atoms with E-state index in [9.17, 15) is 4.79 Å². The summed E-state index contributed by atoms with van der Waals surface area (Å²) in [5.41, 5.74) is -1.77. The van der Waals surface area contributed by atoms with E-state index in [1.54, 1.807) is 13.8 Å². The van der Waals surface area contributed by atoms with Crippen LogP contribution >= 0.6 is 0 Å². The van der Waals surface area contributed by atoms with Crippen LogP contribution in [0.15, 0.2) is 0 Å². The van der Waals surface area contributed by atoms with Crippen LogP contribution in [-0.2, 0) is 9.53 Å². The second-order valence-electron chi connectivity index (χ2n) is 2.94. The molecule has 66 valence electrons. The van der Waals surface area contributed by atoms with Crippen molar-refractivity contribution >= 4 is 5.97 Å². The first kappa shape index (κ1) is 10.4. The number of carboxylic acids is 1. The van der Waals surface area contributed by atoms with Gasteiger partial charge in [-0.3, -0.25) is 0 Å². The third-order valence-electron chi connectivity index (χ3n) is 1.16. The van der Waals surface area contributed by atoms with Crippen LogP contribution < -0.4 is 0 Å². The van der Waals surface area contributed by atoms with Gasteiger partial charge in [0.05, 0.1) is 12.7 Å². The summed E-state index contributed by atoms with van der Waals surface area (Å²) in [5.74, 6) is -1.27. The van der Waals surface area contributed by atoms with Crippen molar-refractivity contribution in [2.75, 3.05) is 6.61 Å². The molecule has 0 aliphatic heterocycles. The van der Waals surface area contributed by atoms with E-state index in [0.717, 1.165) is 0 Å². The largest absolute Gasteiger partial charge is 0.479 e. The number of hydrogen-bond acceptors (Lipinski definition) is 3. The number of aliphatic hydroxyl groups is 1. The molecule has 0 heterocycles. The molecule has 0 saturated heterocycles. The maximum absolute atomic E-state index is 10.3. The summed E-state index contributed by atoms with van der Waals surface area (Å²) < 4.78 is 4.94. The highest BCUT2D eigenvalue weighted by Crippen LogP contribution is 2.05. The first-order chi connectivity index (χ1) is 4.86. The van der Waals surface area contributed by atoms with Crippen LogP contribution in [0.3, 0.4) is 0 Å². The minimum Gasteiger partial charge on any atom is -0.479 e. The molecule has 0 aromatic carbocycles. The van der Waals surface area contributed by atoms with Crippen LogP contribution in [0, 0.1) is 0 Å². The van der Waals surface area contributed by atoms with E-state index >= 15 is 0 Å². The minimum atomic E-state index is -1.77. The zero-order valence-electron chi connectivity index (χ0n) is 7.00. The van der Waals surface area contributed by atoms with Crippen LogP contribution in [0.4, 0.5) is 0 Å². The van der Waals surface area contributed by atoms with Crippen LogP contribution in [0.25, 0.3) is 0 Å². The summed E-state index contributed by atoms with van der Waals surface area (Å²) in [6, 6.07) is 0. The van der Waals surface area contributed by atoms with E-state index < -0.39 is 11.6 Å². The molecule has 0 saturated carbocycles. The smallest absolute Gasteiger partial charge is 0.337 e. The average Bonchev–Trinajstić information content (AvgIpc) is 1.84. The fourth-order valence-electron chi connectivity index (χ4n) is 0.391. The molecule has 0 aliphatic carbocycles. The van der Waals surface area contributed by atoms with Gasteiger partial charge in [0.15, 0.2) is 5.60 Å². The molecule has 2 N–H and O–H groups in total. The van der Waals surface area contributed by atoms with Gasteiger partial charge in [-0.05, 0) is 20.8 Å². The van der Waals surface area contributed by atoms with Gasteiger partial charge in [0.2, 0.25) is 0 Å². The third-order valence-corrected chi connectivity index (χ3v) is 1.16.